The number of unbranched alkanes of at least 4 members (excludes halogenated alkanes) is 3. The molecule has 3 aromatic carbocycles. The van der Waals surface area contributed by atoms with Gasteiger partial charge in [0.05, 0.1) is 12.6 Å². The fourth-order valence-corrected chi connectivity index (χ4v) is 7.24. The van der Waals surface area contributed by atoms with Crippen molar-refractivity contribution in [1.82, 2.24) is 20.4 Å². The fourth-order valence-electron chi connectivity index (χ4n) is 7.24. The summed E-state index contributed by atoms with van der Waals surface area (Å²) in [6.45, 7) is 6.36. The maximum Gasteiger partial charge on any atom is 0.254 e. The molecule has 0 spiro atoms. The quantitative estimate of drug-likeness (QED) is 0.131. The predicted octanol–water partition coefficient (Wildman–Crippen LogP) is 5.03. The van der Waals surface area contributed by atoms with Crippen LogP contribution >= 0.6 is 0 Å². The summed E-state index contributed by atoms with van der Waals surface area (Å²) in [5, 5.41) is 37.2. The Morgan fingerprint density at radius 3 is 2.17 bits per heavy atom. The van der Waals surface area contributed by atoms with Crippen LogP contribution in [0.4, 0.5) is 0 Å². The van der Waals surface area contributed by atoms with Crippen molar-refractivity contribution >= 4 is 35.2 Å². The minimum absolute atomic E-state index is 0.109. The van der Waals surface area contributed by atoms with Gasteiger partial charge >= 0.3 is 0 Å². The maximum atomic E-state index is 14.0. The maximum absolute atomic E-state index is 14.0. The average molecular weight is 799 g/mol. The SMILES string of the molecule is CCCCCCc1ccc(C(=O)N(C)[C@H](CO)C(=O)N[C@H](C)C(=O)CCC(=O)N(C)[C@@H]2C(=O)C[C@@H](C)C(=O)N[C@H](C)Cc3ccc(O)c(c3)-c3cc2ccc3O)cc1. The molecule has 13 nitrogen and oxygen atoms in total. The van der Waals surface area contributed by atoms with E-state index >= 15 is 0 Å². The number of likely N-dealkylation sites (N-methyl/N-ethyl adjacent to an activating group) is 2. The number of hydrogen-bond donors (Lipinski definition) is 5. The smallest absolute Gasteiger partial charge is 0.254 e. The number of aromatic hydroxyl groups is 2. The van der Waals surface area contributed by atoms with E-state index in [0.29, 0.717) is 23.1 Å². The number of phenols is 2. The van der Waals surface area contributed by atoms with Gasteiger partial charge in [-0.05, 0) is 86.2 Å². The zero-order valence-electron chi connectivity index (χ0n) is 34.4. The van der Waals surface area contributed by atoms with Crippen molar-refractivity contribution in [2.24, 2.45) is 5.92 Å². The Bertz CT molecular complexity index is 1960. The summed E-state index contributed by atoms with van der Waals surface area (Å²) in [5.74, 6) is -4.05. The molecule has 312 valence electrons. The number of Topliss-reactive ketones (excluding diaryl/α,β-unsaturated/α-hetero) is 2. The van der Waals surface area contributed by atoms with Crippen LogP contribution < -0.4 is 10.6 Å². The number of ketones is 2. The lowest BCUT2D eigenvalue weighted by Crippen LogP contribution is -2.53. The molecule has 0 unspecified atom stereocenters. The Morgan fingerprint density at radius 2 is 1.52 bits per heavy atom. The van der Waals surface area contributed by atoms with E-state index in [9.17, 15) is 44.1 Å². The molecule has 3 aromatic rings. The van der Waals surface area contributed by atoms with Crippen molar-refractivity contribution in [3.63, 3.8) is 0 Å². The predicted molar refractivity (Wildman–Crippen MR) is 220 cm³/mol. The Hall–Kier alpha value is -5.56. The van der Waals surface area contributed by atoms with Gasteiger partial charge in [-0.3, -0.25) is 28.8 Å². The van der Waals surface area contributed by atoms with Crippen molar-refractivity contribution in [2.45, 2.75) is 110 Å². The van der Waals surface area contributed by atoms with Gasteiger partial charge in [-0.15, -0.1) is 0 Å². The number of carbonyl (C=O) groups excluding carboxylic acids is 6. The fraction of sp³-hybridized carbons (Fsp3) is 0.467. The third-order valence-electron chi connectivity index (χ3n) is 10.9. The van der Waals surface area contributed by atoms with Crippen molar-refractivity contribution in [3.8, 4) is 22.6 Å². The molecule has 0 saturated carbocycles. The Kier molecular flexibility index (Phi) is 16.1. The zero-order chi connectivity index (χ0) is 42.7. The molecular weight excluding hydrogens is 741 g/mol. The van der Waals surface area contributed by atoms with Crippen molar-refractivity contribution < 1.29 is 44.1 Å². The van der Waals surface area contributed by atoms with E-state index < -0.39 is 59.9 Å². The first-order valence-corrected chi connectivity index (χ1v) is 20.1. The van der Waals surface area contributed by atoms with Gasteiger partial charge in [0.25, 0.3) is 5.91 Å². The lowest BCUT2D eigenvalue weighted by molar-refractivity contribution is -0.140. The third-order valence-corrected chi connectivity index (χ3v) is 10.9. The molecule has 0 aromatic heterocycles. The van der Waals surface area contributed by atoms with Gasteiger partial charge in [0.1, 0.15) is 23.6 Å². The van der Waals surface area contributed by atoms with Crippen LogP contribution in [0.2, 0.25) is 0 Å². The van der Waals surface area contributed by atoms with Crippen LogP contribution in [-0.4, -0.2) is 99.1 Å². The number of benzene rings is 3. The van der Waals surface area contributed by atoms with E-state index in [4.69, 9.17) is 0 Å². The van der Waals surface area contributed by atoms with Gasteiger partial charge in [0.2, 0.25) is 17.7 Å². The van der Waals surface area contributed by atoms with Crippen LogP contribution in [0.25, 0.3) is 11.1 Å². The van der Waals surface area contributed by atoms with E-state index in [-0.39, 0.29) is 48.3 Å². The standard InChI is InChI=1S/C45H58N4O9/c1-7-8-9-10-11-30-12-15-32(16-13-30)45(58)48(5)36(26-50)44(57)47-29(4)37(51)20-21-41(55)49(6)42-33-17-19-39(53)35(25-33)34-24-31(14-18-38(34)52)23-28(3)46-43(56)27(2)22-40(42)54/h12-19,24-25,27-29,36,42,50,52-53H,7-11,20-23,26H2,1-6H3,(H,46,56)(H,47,57)/t27-,28-,29-,36-,42+/m1/s1. The van der Waals surface area contributed by atoms with Gasteiger partial charge in [0.15, 0.2) is 11.6 Å². The molecule has 1 aliphatic rings. The largest absolute Gasteiger partial charge is 0.507 e. The number of carbonyl (C=O) groups is 6. The molecule has 13 heteroatoms. The summed E-state index contributed by atoms with van der Waals surface area (Å²) in [4.78, 5) is 82.8. The van der Waals surface area contributed by atoms with Crippen LogP contribution in [0, 0.1) is 5.92 Å². The average Bonchev–Trinajstić information content (AvgIpc) is 3.19. The van der Waals surface area contributed by atoms with E-state index in [1.165, 1.54) is 56.6 Å². The van der Waals surface area contributed by atoms with E-state index in [2.05, 4.69) is 17.6 Å². The molecule has 4 rings (SSSR count). The molecule has 1 heterocycles. The Labute approximate surface area is 340 Å². The number of amides is 4. The number of nitrogens with one attached hydrogen (secondary N) is 2. The number of hydrogen-bond acceptors (Lipinski definition) is 9. The summed E-state index contributed by atoms with van der Waals surface area (Å²) in [6, 6.07) is 12.6. The van der Waals surface area contributed by atoms with Crippen LogP contribution in [0.5, 0.6) is 11.5 Å². The van der Waals surface area contributed by atoms with Crippen LogP contribution in [0.15, 0.2) is 60.7 Å². The monoisotopic (exact) mass is 798 g/mol. The Balaban J connectivity index is 1.45. The second-order valence-corrected chi connectivity index (χ2v) is 15.5. The van der Waals surface area contributed by atoms with Crippen LogP contribution in [0.3, 0.4) is 0 Å². The topological polar surface area (TPSA) is 194 Å². The summed E-state index contributed by atoms with van der Waals surface area (Å²) in [5.41, 5.74) is 3.14. The molecule has 4 bridgehead atoms. The normalized spacial score (nSPS) is 17.9. The van der Waals surface area contributed by atoms with E-state index in [0.717, 1.165) is 41.7 Å². The molecule has 0 fully saturated rings. The molecule has 0 aliphatic carbocycles. The number of aryl methyl sites for hydroxylation is 1. The molecule has 4 amide bonds. The van der Waals surface area contributed by atoms with Gasteiger partial charge in [-0.2, -0.15) is 0 Å². The number of nitrogens with zero attached hydrogens (tertiary/aromatic N) is 2. The minimum Gasteiger partial charge on any atom is -0.507 e. The van der Waals surface area contributed by atoms with Crippen molar-refractivity contribution in [2.75, 3.05) is 20.7 Å². The second kappa shape index (κ2) is 20.7. The van der Waals surface area contributed by atoms with Crippen molar-refractivity contribution in [1.29, 1.82) is 0 Å². The molecule has 1 aliphatic heterocycles. The summed E-state index contributed by atoms with van der Waals surface area (Å²) in [6.07, 6.45) is 5.02. The molecule has 58 heavy (non-hydrogen) atoms. The minimum atomic E-state index is -1.28. The summed E-state index contributed by atoms with van der Waals surface area (Å²) < 4.78 is 0. The van der Waals surface area contributed by atoms with Gasteiger partial charge in [0, 0.05) is 62.0 Å². The third kappa shape index (κ3) is 11.5. The molecule has 0 saturated heterocycles. The molecular formula is C45H58N4O9. The summed E-state index contributed by atoms with van der Waals surface area (Å²) in [7, 11) is 2.82. The number of phenolic OH excluding ortho intramolecular Hbond substituents is 2. The number of aliphatic hydroxyl groups is 1. The van der Waals surface area contributed by atoms with Gasteiger partial charge < -0.3 is 35.8 Å². The molecule has 5 atom stereocenters. The van der Waals surface area contributed by atoms with E-state index in [1.54, 1.807) is 31.2 Å². The number of rotatable bonds is 15. The van der Waals surface area contributed by atoms with Crippen molar-refractivity contribution in [3.05, 3.63) is 82.9 Å². The Morgan fingerprint density at radius 1 is 0.862 bits per heavy atom. The number of fused-ring (bicyclic) bond motifs is 5. The highest BCUT2D eigenvalue weighted by molar-refractivity contribution is 5.99. The number of aliphatic hydroxyl groups excluding tert-OH is 1. The summed E-state index contributed by atoms with van der Waals surface area (Å²) >= 11 is 0. The lowest BCUT2D eigenvalue weighted by Gasteiger charge is -2.30. The second-order valence-electron chi connectivity index (χ2n) is 15.5. The first kappa shape index (κ1) is 45.1. The molecule has 5 N–H and O–H groups in total. The highest BCUT2D eigenvalue weighted by Gasteiger charge is 2.33. The highest BCUT2D eigenvalue weighted by atomic mass is 16.3. The van der Waals surface area contributed by atoms with Crippen LogP contribution in [-0.2, 0) is 36.8 Å². The van der Waals surface area contributed by atoms with Crippen LogP contribution in [0.1, 0.15) is 106 Å². The zero-order valence-corrected chi connectivity index (χ0v) is 34.4. The molecule has 0 radical (unpaired) electrons. The highest BCUT2D eigenvalue weighted by Crippen LogP contribution is 2.39. The first-order valence-electron chi connectivity index (χ1n) is 20.1. The van der Waals surface area contributed by atoms with Gasteiger partial charge in [-0.1, -0.05) is 57.4 Å². The lowest BCUT2D eigenvalue weighted by atomic mass is 9.90. The van der Waals surface area contributed by atoms with E-state index in [1.807, 2.05) is 19.1 Å². The first-order chi connectivity index (χ1) is 27.6. The van der Waals surface area contributed by atoms with Gasteiger partial charge in [-0.25, -0.2) is 0 Å².